The van der Waals surface area contributed by atoms with Crippen molar-refractivity contribution in [2.75, 3.05) is 29.6 Å². The molecule has 10 nitrogen and oxygen atoms in total. The molecular formula is C27H29N5O5. The van der Waals surface area contributed by atoms with E-state index in [4.69, 9.17) is 9.84 Å². The number of carbonyl (C=O) groups is 2. The van der Waals surface area contributed by atoms with Gasteiger partial charge in [0.1, 0.15) is 6.61 Å². The minimum absolute atomic E-state index is 0.0187. The van der Waals surface area contributed by atoms with Crippen molar-refractivity contribution < 1.29 is 24.5 Å². The molecule has 2 aromatic carbocycles. The zero-order valence-electron chi connectivity index (χ0n) is 20.5. The molecular weight excluding hydrogens is 474 g/mol. The Kier molecular flexibility index (Phi) is 6.77. The van der Waals surface area contributed by atoms with Crippen LogP contribution in [0.15, 0.2) is 66.9 Å². The molecule has 192 valence electrons. The average molecular weight is 504 g/mol. The van der Waals surface area contributed by atoms with Crippen LogP contribution < -0.4 is 9.80 Å². The Hall–Kier alpha value is -4.02. The van der Waals surface area contributed by atoms with E-state index >= 15 is 0 Å². The number of aliphatic hydroxyl groups excluding tert-OH is 1. The van der Waals surface area contributed by atoms with Crippen LogP contribution in [0.1, 0.15) is 24.6 Å². The van der Waals surface area contributed by atoms with Gasteiger partial charge in [-0.15, -0.1) is 5.10 Å². The van der Waals surface area contributed by atoms with E-state index in [1.165, 1.54) is 9.80 Å². The van der Waals surface area contributed by atoms with Gasteiger partial charge in [-0.2, -0.15) is 0 Å². The lowest BCUT2D eigenvalue weighted by Crippen LogP contribution is -2.42. The smallest absolute Gasteiger partial charge is 0.414 e. The van der Waals surface area contributed by atoms with E-state index < -0.39 is 23.5 Å². The number of aryl methyl sites for hydroxylation is 1. The number of hydrogen-bond acceptors (Lipinski definition) is 7. The Balaban J connectivity index is 1.43. The van der Waals surface area contributed by atoms with Crippen LogP contribution in [0.25, 0.3) is 0 Å². The van der Waals surface area contributed by atoms with Crippen LogP contribution in [0.5, 0.6) is 0 Å². The number of cyclic esters (lactones) is 1. The highest BCUT2D eigenvalue weighted by Gasteiger charge is 2.53. The summed E-state index contributed by atoms with van der Waals surface area (Å²) in [6, 6.07) is 14.4. The number of fused-ring (bicyclic) bond motifs is 1. The molecule has 3 heterocycles. The summed E-state index contributed by atoms with van der Waals surface area (Å²) in [5, 5.41) is 29.1. The Labute approximate surface area is 214 Å². The van der Waals surface area contributed by atoms with Crippen molar-refractivity contribution >= 4 is 29.1 Å². The first kappa shape index (κ1) is 24.7. The predicted octanol–water partition coefficient (Wildman–Crippen LogP) is 2.92. The van der Waals surface area contributed by atoms with Crippen molar-refractivity contribution in [1.82, 2.24) is 15.0 Å². The molecule has 2 aliphatic rings. The van der Waals surface area contributed by atoms with Gasteiger partial charge >= 0.3 is 6.09 Å². The highest BCUT2D eigenvalue weighted by atomic mass is 16.6. The summed E-state index contributed by atoms with van der Waals surface area (Å²) in [6.45, 7) is 3.09. The molecule has 2 N–H and O–H groups in total. The zero-order valence-corrected chi connectivity index (χ0v) is 20.5. The van der Waals surface area contributed by atoms with Crippen molar-refractivity contribution in [1.29, 1.82) is 0 Å². The van der Waals surface area contributed by atoms with E-state index in [-0.39, 0.29) is 6.61 Å². The van der Waals surface area contributed by atoms with Gasteiger partial charge in [-0.05, 0) is 36.8 Å². The molecule has 0 spiro atoms. The minimum atomic E-state index is -1.83. The first-order valence-corrected chi connectivity index (χ1v) is 12.3. The molecule has 0 bridgehead atoms. The third kappa shape index (κ3) is 4.49. The van der Waals surface area contributed by atoms with Crippen LogP contribution in [0.3, 0.4) is 0 Å². The number of carbonyl (C=O) groups excluding carboxylic acids is 2. The van der Waals surface area contributed by atoms with Gasteiger partial charge in [0, 0.05) is 48.6 Å². The SMILES string of the molecule is C[C@@H](/C=C/CCn1cc(CCO)nn1)[C@]1(O)C(=O)N(c2ccccc2)c2ccc(N3CCOC3=O)cc21. The molecule has 37 heavy (non-hydrogen) atoms. The van der Waals surface area contributed by atoms with Crippen LogP contribution in [-0.2, 0) is 28.1 Å². The molecule has 0 aliphatic carbocycles. The summed E-state index contributed by atoms with van der Waals surface area (Å²) >= 11 is 0. The minimum Gasteiger partial charge on any atom is -0.447 e. The number of benzene rings is 2. The summed E-state index contributed by atoms with van der Waals surface area (Å²) < 4.78 is 6.78. The highest BCUT2D eigenvalue weighted by Crippen LogP contribution is 2.49. The third-order valence-electron chi connectivity index (χ3n) is 6.81. The van der Waals surface area contributed by atoms with Gasteiger partial charge in [0.05, 0.1) is 17.9 Å². The number of rotatable bonds is 9. The predicted molar refractivity (Wildman–Crippen MR) is 136 cm³/mol. The number of aromatic nitrogens is 3. The Morgan fingerprint density at radius 3 is 2.70 bits per heavy atom. The van der Waals surface area contributed by atoms with E-state index in [0.29, 0.717) is 55.2 Å². The first-order chi connectivity index (χ1) is 17.9. The lowest BCUT2D eigenvalue weighted by atomic mass is 9.82. The van der Waals surface area contributed by atoms with Crippen LogP contribution in [-0.4, -0.2) is 57.0 Å². The molecule has 3 aromatic rings. The molecule has 2 atom stereocenters. The van der Waals surface area contributed by atoms with Gasteiger partial charge in [0.2, 0.25) is 0 Å². The Bertz CT molecular complexity index is 1320. The highest BCUT2D eigenvalue weighted by molar-refractivity contribution is 6.12. The number of aliphatic hydroxyl groups is 2. The summed E-state index contributed by atoms with van der Waals surface area (Å²) in [4.78, 5) is 29.0. The number of amides is 2. The number of nitrogens with zero attached hydrogens (tertiary/aromatic N) is 5. The molecule has 0 unspecified atom stereocenters. The molecule has 1 saturated heterocycles. The van der Waals surface area contributed by atoms with Gasteiger partial charge in [0.15, 0.2) is 5.60 Å². The van der Waals surface area contributed by atoms with Gasteiger partial charge in [-0.1, -0.05) is 42.5 Å². The first-order valence-electron chi connectivity index (χ1n) is 12.3. The summed E-state index contributed by atoms with van der Waals surface area (Å²) in [5.41, 5.74) is 1.14. The van der Waals surface area contributed by atoms with Gasteiger partial charge < -0.3 is 14.9 Å². The maximum atomic E-state index is 13.8. The van der Waals surface area contributed by atoms with Crippen LogP contribution in [0, 0.1) is 5.92 Å². The number of para-hydroxylation sites is 1. The van der Waals surface area contributed by atoms with Crippen molar-refractivity contribution in [3.05, 3.63) is 78.1 Å². The topological polar surface area (TPSA) is 121 Å². The fraction of sp³-hybridized carbons (Fsp3) is 0.333. The molecule has 2 aliphatic heterocycles. The third-order valence-corrected chi connectivity index (χ3v) is 6.81. The van der Waals surface area contributed by atoms with Crippen molar-refractivity contribution in [3.63, 3.8) is 0 Å². The second-order valence-corrected chi connectivity index (χ2v) is 9.16. The van der Waals surface area contributed by atoms with Crippen LogP contribution in [0.2, 0.25) is 0 Å². The summed E-state index contributed by atoms with van der Waals surface area (Å²) in [7, 11) is 0. The van der Waals surface area contributed by atoms with Gasteiger partial charge in [0.25, 0.3) is 5.91 Å². The standard InChI is InChI=1S/C27H29N5O5/c1-19(7-5-6-13-30-18-20(12-15-33)28-29-30)27(36)23-17-22(31-14-16-37-26(31)35)10-11-24(23)32(25(27)34)21-8-3-2-4-9-21/h2-5,7-11,17-19,33,36H,6,12-16H2,1H3/b7-5+/t19-,27+/m0/s1. The van der Waals surface area contributed by atoms with Gasteiger partial charge in [-0.3, -0.25) is 19.3 Å². The molecule has 2 amide bonds. The second kappa shape index (κ2) is 10.2. The molecule has 10 heteroatoms. The zero-order chi connectivity index (χ0) is 26.0. The van der Waals surface area contributed by atoms with Gasteiger partial charge in [-0.25, -0.2) is 4.79 Å². The molecule has 1 fully saturated rings. The van der Waals surface area contributed by atoms with Crippen molar-refractivity contribution in [2.45, 2.75) is 31.9 Å². The largest absolute Gasteiger partial charge is 0.447 e. The summed E-state index contributed by atoms with van der Waals surface area (Å²) in [5.74, 6) is -1.01. The van der Waals surface area contributed by atoms with Crippen LogP contribution in [0.4, 0.5) is 21.9 Å². The van der Waals surface area contributed by atoms with E-state index in [2.05, 4.69) is 10.3 Å². The number of allylic oxidation sites excluding steroid dienone is 1. The fourth-order valence-electron chi connectivity index (χ4n) is 4.81. The number of ether oxygens (including phenoxy) is 1. The monoisotopic (exact) mass is 503 g/mol. The second-order valence-electron chi connectivity index (χ2n) is 9.16. The number of hydrogen-bond donors (Lipinski definition) is 2. The summed E-state index contributed by atoms with van der Waals surface area (Å²) in [6.07, 6.45) is 6.16. The van der Waals surface area contributed by atoms with E-state index in [0.717, 1.165) is 5.69 Å². The average Bonchev–Trinajstić information content (AvgIpc) is 3.60. The lowest BCUT2D eigenvalue weighted by Gasteiger charge is -2.28. The van der Waals surface area contributed by atoms with Crippen molar-refractivity contribution in [3.8, 4) is 0 Å². The molecule has 0 radical (unpaired) electrons. The fourth-order valence-corrected chi connectivity index (χ4v) is 4.81. The van der Waals surface area contributed by atoms with Crippen molar-refractivity contribution in [2.24, 2.45) is 5.92 Å². The lowest BCUT2D eigenvalue weighted by molar-refractivity contribution is -0.138. The van der Waals surface area contributed by atoms with E-state index in [1.807, 2.05) is 42.5 Å². The maximum absolute atomic E-state index is 13.8. The van der Waals surface area contributed by atoms with E-state index in [1.54, 1.807) is 36.0 Å². The Morgan fingerprint density at radius 2 is 1.97 bits per heavy atom. The molecule has 0 saturated carbocycles. The number of anilines is 3. The van der Waals surface area contributed by atoms with E-state index in [9.17, 15) is 14.7 Å². The molecule has 1 aromatic heterocycles. The molecule has 5 rings (SSSR count). The maximum Gasteiger partial charge on any atom is 0.414 e. The Morgan fingerprint density at radius 1 is 1.16 bits per heavy atom. The normalized spacial score (nSPS) is 20.1. The quantitative estimate of drug-likeness (QED) is 0.431. The van der Waals surface area contributed by atoms with Crippen LogP contribution >= 0.6 is 0 Å².